The molecule has 16 heavy (non-hydrogen) atoms. The average Bonchev–Trinajstić information content (AvgIpc) is 2.56. The Balaban J connectivity index is 2.48. The van der Waals surface area contributed by atoms with Crippen LogP contribution in [0.25, 0.3) is 0 Å². The maximum absolute atomic E-state index is 8.95. The molecule has 1 rings (SSSR count). The zero-order valence-electron chi connectivity index (χ0n) is 10.1. The van der Waals surface area contributed by atoms with Gasteiger partial charge in [-0.15, -0.1) is 0 Å². The number of aryl methyl sites for hydroxylation is 2. The van der Waals surface area contributed by atoms with Crippen LogP contribution in [0.5, 0.6) is 0 Å². The quantitative estimate of drug-likeness (QED) is 0.761. The minimum absolute atomic E-state index is 0.222. The van der Waals surface area contributed by atoms with Crippen LogP contribution < -0.4 is 5.32 Å². The van der Waals surface area contributed by atoms with Gasteiger partial charge >= 0.3 is 0 Å². The largest absolute Gasteiger partial charge is 0.396 e. The summed E-state index contributed by atoms with van der Waals surface area (Å²) in [7, 11) is 0. The lowest BCUT2D eigenvalue weighted by Gasteiger charge is -2.16. The third-order valence-corrected chi connectivity index (χ3v) is 3.33. The van der Waals surface area contributed by atoms with Crippen molar-refractivity contribution in [3.8, 4) is 0 Å². The Morgan fingerprint density at radius 3 is 2.75 bits per heavy atom. The third kappa shape index (κ3) is 3.81. The monoisotopic (exact) mass is 244 g/mol. The molecule has 2 N–H and O–H groups in total. The number of aliphatic hydroxyl groups excluding tert-OH is 1. The van der Waals surface area contributed by atoms with Gasteiger partial charge in [0.1, 0.15) is 5.76 Å². The van der Waals surface area contributed by atoms with Crippen LogP contribution in [-0.4, -0.2) is 34.9 Å². The maximum Gasteiger partial charge on any atom is 0.138 e. The summed E-state index contributed by atoms with van der Waals surface area (Å²) < 4.78 is 5.10. The zero-order valence-corrected chi connectivity index (χ0v) is 10.9. The molecule has 0 aliphatic rings. The molecule has 0 saturated heterocycles. The molecule has 1 heterocycles. The summed E-state index contributed by atoms with van der Waals surface area (Å²) in [4.78, 5) is 0. The molecule has 92 valence electrons. The normalized spacial score (nSPS) is 13.0. The Hall–Kier alpha value is -0.520. The third-order valence-electron chi connectivity index (χ3n) is 2.59. The second kappa shape index (κ2) is 6.93. The average molecular weight is 244 g/mol. The smallest absolute Gasteiger partial charge is 0.138 e. The lowest BCUT2D eigenvalue weighted by Crippen LogP contribution is -2.32. The number of nitrogens with one attached hydrogen (secondary N) is 1. The molecule has 0 aliphatic carbocycles. The van der Waals surface area contributed by atoms with Gasteiger partial charge in [0.25, 0.3) is 0 Å². The van der Waals surface area contributed by atoms with E-state index in [1.54, 1.807) is 11.8 Å². The number of rotatable bonds is 7. The Kier molecular flexibility index (Phi) is 5.87. The lowest BCUT2D eigenvalue weighted by atomic mass is 10.2. The fourth-order valence-electron chi connectivity index (χ4n) is 1.60. The molecule has 0 radical (unpaired) electrons. The van der Waals surface area contributed by atoms with E-state index in [1.165, 1.54) is 0 Å². The minimum atomic E-state index is 0.222. The van der Waals surface area contributed by atoms with Crippen molar-refractivity contribution in [3.63, 3.8) is 0 Å². The SMILES string of the molecule is CSCC(CCO)NCc1c(C)noc1C. The molecule has 0 fully saturated rings. The molecule has 1 aromatic heterocycles. The van der Waals surface area contributed by atoms with Gasteiger partial charge in [-0.05, 0) is 26.5 Å². The highest BCUT2D eigenvalue weighted by Crippen LogP contribution is 2.12. The molecule has 1 atom stereocenters. The van der Waals surface area contributed by atoms with Gasteiger partial charge in [0.15, 0.2) is 0 Å². The van der Waals surface area contributed by atoms with Crippen molar-refractivity contribution in [1.29, 1.82) is 0 Å². The van der Waals surface area contributed by atoms with Crippen LogP contribution in [0.4, 0.5) is 0 Å². The summed E-state index contributed by atoms with van der Waals surface area (Å²) in [5, 5.41) is 16.3. The summed E-state index contributed by atoms with van der Waals surface area (Å²) in [5.74, 6) is 1.88. The van der Waals surface area contributed by atoms with Crippen LogP contribution >= 0.6 is 11.8 Å². The fourth-order valence-corrected chi connectivity index (χ4v) is 2.29. The second-order valence-electron chi connectivity index (χ2n) is 3.85. The van der Waals surface area contributed by atoms with Gasteiger partial charge in [-0.3, -0.25) is 0 Å². The van der Waals surface area contributed by atoms with E-state index < -0.39 is 0 Å². The van der Waals surface area contributed by atoms with E-state index in [9.17, 15) is 0 Å². The van der Waals surface area contributed by atoms with Gasteiger partial charge < -0.3 is 14.9 Å². The van der Waals surface area contributed by atoms with Crippen molar-refractivity contribution in [1.82, 2.24) is 10.5 Å². The van der Waals surface area contributed by atoms with E-state index in [-0.39, 0.29) is 6.61 Å². The van der Waals surface area contributed by atoms with Gasteiger partial charge in [0, 0.05) is 30.5 Å². The van der Waals surface area contributed by atoms with E-state index in [1.807, 2.05) is 13.8 Å². The first kappa shape index (κ1) is 13.5. The van der Waals surface area contributed by atoms with Crippen molar-refractivity contribution in [3.05, 3.63) is 17.0 Å². The van der Waals surface area contributed by atoms with Crippen molar-refractivity contribution < 1.29 is 9.63 Å². The van der Waals surface area contributed by atoms with Crippen LogP contribution in [0.3, 0.4) is 0 Å². The molecular weight excluding hydrogens is 224 g/mol. The van der Waals surface area contributed by atoms with Gasteiger partial charge in [-0.1, -0.05) is 5.16 Å². The number of thioether (sulfide) groups is 1. The summed E-state index contributed by atoms with van der Waals surface area (Å²) in [5.41, 5.74) is 2.07. The Morgan fingerprint density at radius 1 is 1.50 bits per heavy atom. The number of hydrogen-bond acceptors (Lipinski definition) is 5. The number of hydrogen-bond donors (Lipinski definition) is 2. The molecule has 4 nitrogen and oxygen atoms in total. The van der Waals surface area contributed by atoms with Gasteiger partial charge in [0.05, 0.1) is 5.69 Å². The predicted octanol–water partition coefficient (Wildman–Crippen LogP) is 1.50. The van der Waals surface area contributed by atoms with Crippen LogP contribution in [0.1, 0.15) is 23.4 Å². The first-order chi connectivity index (χ1) is 7.69. The van der Waals surface area contributed by atoms with E-state index >= 15 is 0 Å². The highest BCUT2D eigenvalue weighted by Gasteiger charge is 2.12. The van der Waals surface area contributed by atoms with Crippen LogP contribution in [0, 0.1) is 13.8 Å². The molecule has 0 spiro atoms. The molecule has 1 aromatic rings. The highest BCUT2D eigenvalue weighted by molar-refractivity contribution is 7.98. The summed E-state index contributed by atoms with van der Waals surface area (Å²) in [6.07, 6.45) is 2.85. The molecule has 0 aliphatic heterocycles. The summed E-state index contributed by atoms with van der Waals surface area (Å²) in [6.45, 7) is 4.85. The lowest BCUT2D eigenvalue weighted by molar-refractivity contribution is 0.269. The first-order valence-corrected chi connectivity index (χ1v) is 6.83. The summed E-state index contributed by atoms with van der Waals surface area (Å²) in [6, 6.07) is 0.341. The second-order valence-corrected chi connectivity index (χ2v) is 4.76. The first-order valence-electron chi connectivity index (χ1n) is 5.44. The van der Waals surface area contributed by atoms with Crippen molar-refractivity contribution >= 4 is 11.8 Å². The molecule has 0 amide bonds. The number of aromatic nitrogens is 1. The molecule has 5 heteroatoms. The maximum atomic E-state index is 8.95. The highest BCUT2D eigenvalue weighted by atomic mass is 32.2. The standard InChI is InChI=1S/C11H20N2O2S/c1-8-11(9(2)15-13-8)6-12-10(4-5-14)7-16-3/h10,12,14H,4-7H2,1-3H3. The Bertz CT molecular complexity index is 289. The van der Waals surface area contributed by atoms with Crippen LogP contribution in [0.15, 0.2) is 4.52 Å². The number of aliphatic hydroxyl groups is 1. The van der Waals surface area contributed by atoms with Crippen LogP contribution in [0.2, 0.25) is 0 Å². The fraction of sp³-hybridized carbons (Fsp3) is 0.727. The molecule has 0 bridgehead atoms. The molecule has 0 saturated carbocycles. The molecular formula is C11H20N2O2S. The van der Waals surface area contributed by atoms with Gasteiger partial charge in [-0.25, -0.2) is 0 Å². The topological polar surface area (TPSA) is 58.3 Å². The Morgan fingerprint density at radius 2 is 2.25 bits per heavy atom. The molecule has 1 unspecified atom stereocenters. The van der Waals surface area contributed by atoms with Crippen molar-refractivity contribution in [2.75, 3.05) is 18.6 Å². The van der Waals surface area contributed by atoms with E-state index in [4.69, 9.17) is 9.63 Å². The van der Waals surface area contributed by atoms with Crippen molar-refractivity contribution in [2.24, 2.45) is 0 Å². The van der Waals surface area contributed by atoms with E-state index in [0.717, 1.165) is 35.7 Å². The molecule has 0 aromatic carbocycles. The van der Waals surface area contributed by atoms with Crippen molar-refractivity contribution in [2.45, 2.75) is 32.9 Å². The summed E-state index contributed by atoms with van der Waals surface area (Å²) >= 11 is 1.78. The van der Waals surface area contributed by atoms with Gasteiger partial charge in [-0.2, -0.15) is 11.8 Å². The van der Waals surface area contributed by atoms with Crippen LogP contribution in [-0.2, 0) is 6.54 Å². The van der Waals surface area contributed by atoms with E-state index in [0.29, 0.717) is 6.04 Å². The zero-order chi connectivity index (χ0) is 12.0. The van der Waals surface area contributed by atoms with Gasteiger partial charge in [0.2, 0.25) is 0 Å². The number of nitrogens with zero attached hydrogens (tertiary/aromatic N) is 1. The minimum Gasteiger partial charge on any atom is -0.396 e. The predicted molar refractivity (Wildman–Crippen MR) is 66.7 cm³/mol. The Labute approximate surface area is 101 Å². The van der Waals surface area contributed by atoms with E-state index in [2.05, 4.69) is 16.7 Å².